The number of hydrogen-bond donors (Lipinski definition) is 0. The summed E-state index contributed by atoms with van der Waals surface area (Å²) >= 11 is 1.39. The van der Waals surface area contributed by atoms with E-state index in [0.29, 0.717) is 24.0 Å². The van der Waals surface area contributed by atoms with E-state index in [1.165, 1.54) is 11.8 Å². The summed E-state index contributed by atoms with van der Waals surface area (Å²) in [5.74, 6) is 2.23. The number of piperazine rings is 1. The van der Waals surface area contributed by atoms with Gasteiger partial charge in [0, 0.05) is 51.2 Å². The van der Waals surface area contributed by atoms with Crippen LogP contribution in [-0.4, -0.2) is 89.2 Å². The fourth-order valence-electron chi connectivity index (χ4n) is 3.35. The number of carbonyl (C=O) groups is 1. The molecule has 4 heterocycles. The standard InChI is InChI=1S/C19H25N7O2S/c1-15-4-5-20-19(21-15)29-14-18(27)26-8-6-24(7-9-26)16-2-3-17(23-22-16)25-10-12-28-13-11-25/h2-5H,6-14H2,1H3. The molecule has 2 saturated heterocycles. The minimum Gasteiger partial charge on any atom is -0.378 e. The Hall–Kier alpha value is -2.46. The summed E-state index contributed by atoms with van der Waals surface area (Å²) in [6, 6.07) is 5.88. The summed E-state index contributed by atoms with van der Waals surface area (Å²) in [5, 5.41) is 9.43. The first-order valence-corrected chi connectivity index (χ1v) is 10.8. The highest BCUT2D eigenvalue weighted by Gasteiger charge is 2.23. The van der Waals surface area contributed by atoms with Crippen molar-refractivity contribution in [3.8, 4) is 0 Å². The van der Waals surface area contributed by atoms with Gasteiger partial charge in [-0.1, -0.05) is 11.8 Å². The van der Waals surface area contributed by atoms with Crippen LogP contribution in [-0.2, 0) is 9.53 Å². The molecule has 2 aliphatic rings. The molecule has 29 heavy (non-hydrogen) atoms. The molecule has 0 atom stereocenters. The van der Waals surface area contributed by atoms with Crippen LogP contribution in [0.1, 0.15) is 5.69 Å². The van der Waals surface area contributed by atoms with Crippen molar-refractivity contribution in [2.75, 3.05) is 68.0 Å². The fourth-order valence-corrected chi connectivity index (χ4v) is 4.13. The monoisotopic (exact) mass is 415 g/mol. The van der Waals surface area contributed by atoms with Crippen LogP contribution in [0.5, 0.6) is 0 Å². The predicted molar refractivity (Wildman–Crippen MR) is 111 cm³/mol. The van der Waals surface area contributed by atoms with Gasteiger partial charge in [0.25, 0.3) is 0 Å². The molecule has 0 saturated carbocycles. The molecule has 2 aromatic rings. The molecule has 4 rings (SSSR count). The number of amides is 1. The van der Waals surface area contributed by atoms with Crippen LogP contribution in [0.4, 0.5) is 11.6 Å². The number of aromatic nitrogens is 4. The normalized spacial score (nSPS) is 17.5. The van der Waals surface area contributed by atoms with Gasteiger partial charge in [0.2, 0.25) is 5.91 Å². The Morgan fingerprint density at radius 2 is 1.66 bits per heavy atom. The van der Waals surface area contributed by atoms with E-state index in [-0.39, 0.29) is 5.91 Å². The first kappa shape index (κ1) is 19.8. The molecule has 1 amide bonds. The van der Waals surface area contributed by atoms with E-state index < -0.39 is 0 Å². The molecule has 154 valence electrons. The lowest BCUT2D eigenvalue weighted by molar-refractivity contribution is -0.128. The smallest absolute Gasteiger partial charge is 0.233 e. The van der Waals surface area contributed by atoms with E-state index >= 15 is 0 Å². The van der Waals surface area contributed by atoms with Crippen molar-refractivity contribution in [1.29, 1.82) is 0 Å². The van der Waals surface area contributed by atoms with Gasteiger partial charge in [0.1, 0.15) is 0 Å². The number of aryl methyl sites for hydroxylation is 1. The Labute approximate surface area is 174 Å². The zero-order valence-corrected chi connectivity index (χ0v) is 17.3. The Balaban J connectivity index is 1.26. The van der Waals surface area contributed by atoms with Gasteiger partial charge in [0.15, 0.2) is 16.8 Å². The van der Waals surface area contributed by atoms with Crippen molar-refractivity contribution in [2.45, 2.75) is 12.1 Å². The summed E-state index contributed by atoms with van der Waals surface area (Å²) in [6.45, 7) is 7.94. The maximum atomic E-state index is 12.5. The molecule has 2 aromatic heterocycles. The van der Waals surface area contributed by atoms with Crippen LogP contribution in [0, 0.1) is 6.92 Å². The zero-order valence-electron chi connectivity index (χ0n) is 16.5. The number of hydrogen-bond acceptors (Lipinski definition) is 9. The molecule has 0 N–H and O–H groups in total. The Kier molecular flexibility index (Phi) is 6.40. The molecule has 2 fully saturated rings. The number of morpholine rings is 1. The Morgan fingerprint density at radius 3 is 2.28 bits per heavy atom. The quantitative estimate of drug-likeness (QED) is 0.521. The number of carbonyl (C=O) groups excluding carboxylic acids is 1. The van der Waals surface area contributed by atoms with Crippen LogP contribution < -0.4 is 9.80 Å². The first-order chi connectivity index (χ1) is 14.2. The molecule has 10 heteroatoms. The van der Waals surface area contributed by atoms with Crippen LogP contribution in [0.2, 0.25) is 0 Å². The third-order valence-corrected chi connectivity index (χ3v) is 5.87. The second-order valence-corrected chi connectivity index (χ2v) is 7.93. The number of thioether (sulfide) groups is 1. The third-order valence-electron chi connectivity index (χ3n) is 5.03. The lowest BCUT2D eigenvalue weighted by Gasteiger charge is -2.35. The summed E-state index contributed by atoms with van der Waals surface area (Å²) in [4.78, 5) is 27.3. The van der Waals surface area contributed by atoms with Gasteiger partial charge in [0.05, 0.1) is 19.0 Å². The van der Waals surface area contributed by atoms with Crippen molar-refractivity contribution >= 4 is 29.3 Å². The lowest BCUT2D eigenvalue weighted by atomic mass is 10.3. The van der Waals surface area contributed by atoms with Gasteiger partial charge in [-0.15, -0.1) is 10.2 Å². The molecule has 9 nitrogen and oxygen atoms in total. The van der Waals surface area contributed by atoms with Crippen molar-refractivity contribution in [3.05, 3.63) is 30.1 Å². The fraction of sp³-hybridized carbons (Fsp3) is 0.526. The summed E-state index contributed by atoms with van der Waals surface area (Å²) in [6.07, 6.45) is 1.72. The van der Waals surface area contributed by atoms with Gasteiger partial charge >= 0.3 is 0 Å². The Morgan fingerprint density at radius 1 is 1.00 bits per heavy atom. The van der Waals surface area contributed by atoms with Crippen molar-refractivity contribution in [1.82, 2.24) is 25.1 Å². The van der Waals surface area contributed by atoms with Gasteiger partial charge in [-0.3, -0.25) is 4.79 Å². The molecule has 2 aliphatic heterocycles. The average molecular weight is 416 g/mol. The highest BCUT2D eigenvalue weighted by Crippen LogP contribution is 2.18. The first-order valence-electron chi connectivity index (χ1n) is 9.80. The van der Waals surface area contributed by atoms with Crippen LogP contribution in [0.15, 0.2) is 29.6 Å². The van der Waals surface area contributed by atoms with Gasteiger partial charge < -0.3 is 19.4 Å². The van der Waals surface area contributed by atoms with Crippen molar-refractivity contribution < 1.29 is 9.53 Å². The Bertz CT molecular complexity index is 822. The van der Waals surface area contributed by atoms with Crippen molar-refractivity contribution in [3.63, 3.8) is 0 Å². The van der Waals surface area contributed by atoms with E-state index in [1.54, 1.807) is 6.20 Å². The lowest BCUT2D eigenvalue weighted by Crippen LogP contribution is -2.49. The maximum Gasteiger partial charge on any atom is 0.233 e. The number of anilines is 2. The highest BCUT2D eigenvalue weighted by molar-refractivity contribution is 7.99. The molecule has 0 spiro atoms. The number of rotatable bonds is 5. The van der Waals surface area contributed by atoms with E-state index in [2.05, 4.69) is 30.0 Å². The molecule has 0 aromatic carbocycles. The van der Waals surface area contributed by atoms with E-state index in [4.69, 9.17) is 4.74 Å². The van der Waals surface area contributed by atoms with Crippen molar-refractivity contribution in [2.24, 2.45) is 0 Å². The average Bonchev–Trinajstić information content (AvgIpc) is 2.78. The minimum absolute atomic E-state index is 0.119. The second kappa shape index (κ2) is 9.36. The zero-order chi connectivity index (χ0) is 20.1. The highest BCUT2D eigenvalue weighted by atomic mass is 32.2. The summed E-state index contributed by atoms with van der Waals surface area (Å²) < 4.78 is 5.38. The molecule has 0 unspecified atom stereocenters. The molecule has 0 radical (unpaired) electrons. The topological polar surface area (TPSA) is 87.6 Å². The largest absolute Gasteiger partial charge is 0.378 e. The van der Waals surface area contributed by atoms with E-state index in [9.17, 15) is 4.79 Å². The van der Waals surface area contributed by atoms with Gasteiger partial charge in [-0.2, -0.15) is 0 Å². The SMILES string of the molecule is Cc1ccnc(SCC(=O)N2CCN(c3ccc(N4CCOCC4)nn3)CC2)n1. The van der Waals surface area contributed by atoms with Crippen LogP contribution in [0.3, 0.4) is 0 Å². The second-order valence-electron chi connectivity index (χ2n) is 6.99. The summed E-state index contributed by atoms with van der Waals surface area (Å²) in [7, 11) is 0. The van der Waals surface area contributed by atoms with Crippen LogP contribution >= 0.6 is 11.8 Å². The van der Waals surface area contributed by atoms with Gasteiger partial charge in [-0.05, 0) is 25.1 Å². The number of nitrogens with zero attached hydrogens (tertiary/aromatic N) is 7. The van der Waals surface area contributed by atoms with Crippen LogP contribution in [0.25, 0.3) is 0 Å². The van der Waals surface area contributed by atoms with E-state index in [0.717, 1.165) is 56.7 Å². The third kappa shape index (κ3) is 5.13. The maximum absolute atomic E-state index is 12.5. The van der Waals surface area contributed by atoms with E-state index in [1.807, 2.05) is 30.0 Å². The summed E-state index contributed by atoms with van der Waals surface area (Å²) in [5.41, 5.74) is 0.907. The molecular formula is C19H25N7O2S. The molecule has 0 bridgehead atoms. The molecule has 0 aliphatic carbocycles. The molecular weight excluding hydrogens is 390 g/mol. The van der Waals surface area contributed by atoms with Gasteiger partial charge in [-0.25, -0.2) is 9.97 Å². The predicted octanol–water partition coefficient (Wildman–Crippen LogP) is 0.853. The number of ether oxygens (including phenoxy) is 1. The minimum atomic E-state index is 0.119.